The minimum absolute atomic E-state index is 0.0408. The number of rotatable bonds is 7. The van der Waals surface area contributed by atoms with Crippen molar-refractivity contribution < 1.29 is 9.90 Å². The first-order chi connectivity index (χ1) is 8.76. The second kappa shape index (κ2) is 9.20. The lowest BCUT2D eigenvalue weighted by Crippen LogP contribution is -2.44. The predicted molar refractivity (Wildman–Crippen MR) is 73.5 cm³/mol. The molecular weight excluding hydrogens is 228 g/mol. The normalized spacial score (nSPS) is 18.3. The van der Waals surface area contributed by atoms with Gasteiger partial charge in [-0.25, -0.2) is 4.79 Å². The Kier molecular flexibility index (Phi) is 7.81. The van der Waals surface area contributed by atoms with Gasteiger partial charge < -0.3 is 15.7 Å². The molecule has 1 fully saturated rings. The molecule has 4 heteroatoms. The third-order valence-corrected chi connectivity index (χ3v) is 3.73. The first-order valence-electron chi connectivity index (χ1n) is 7.41. The second-order valence-electron chi connectivity index (χ2n) is 5.36. The summed E-state index contributed by atoms with van der Waals surface area (Å²) in [6, 6.07) is 0.321. The van der Waals surface area contributed by atoms with E-state index in [2.05, 4.69) is 17.6 Å². The zero-order valence-electron chi connectivity index (χ0n) is 11.6. The molecule has 0 aromatic rings. The summed E-state index contributed by atoms with van der Waals surface area (Å²) in [4.78, 5) is 11.7. The number of carbonyl (C=O) groups is 1. The summed E-state index contributed by atoms with van der Waals surface area (Å²) in [7, 11) is 0. The van der Waals surface area contributed by atoms with Gasteiger partial charge in [0.25, 0.3) is 0 Å². The molecule has 0 spiro atoms. The van der Waals surface area contributed by atoms with Crippen LogP contribution in [0, 0.1) is 5.92 Å². The summed E-state index contributed by atoms with van der Waals surface area (Å²) >= 11 is 0. The molecule has 1 unspecified atom stereocenters. The summed E-state index contributed by atoms with van der Waals surface area (Å²) in [6.07, 6.45) is 8.92. The van der Waals surface area contributed by atoms with Gasteiger partial charge in [0, 0.05) is 19.2 Å². The van der Waals surface area contributed by atoms with Crippen molar-refractivity contribution >= 4 is 6.03 Å². The van der Waals surface area contributed by atoms with Crippen molar-refractivity contribution in [2.75, 3.05) is 13.2 Å². The van der Waals surface area contributed by atoms with E-state index in [4.69, 9.17) is 5.11 Å². The highest BCUT2D eigenvalue weighted by atomic mass is 16.3. The molecule has 4 nitrogen and oxygen atoms in total. The monoisotopic (exact) mass is 256 g/mol. The lowest BCUT2D eigenvalue weighted by atomic mass is 9.96. The number of nitrogens with one attached hydrogen (secondary N) is 2. The van der Waals surface area contributed by atoms with Crippen LogP contribution in [0.1, 0.15) is 58.3 Å². The molecule has 18 heavy (non-hydrogen) atoms. The minimum Gasteiger partial charge on any atom is -0.396 e. The average molecular weight is 256 g/mol. The number of hydrogen-bond donors (Lipinski definition) is 3. The van der Waals surface area contributed by atoms with Crippen molar-refractivity contribution in [3.8, 4) is 0 Å². The lowest BCUT2D eigenvalue weighted by molar-refractivity contribution is 0.223. The molecule has 0 aromatic heterocycles. The van der Waals surface area contributed by atoms with Crippen LogP contribution in [0.3, 0.4) is 0 Å². The topological polar surface area (TPSA) is 61.4 Å². The van der Waals surface area contributed by atoms with Gasteiger partial charge in [-0.2, -0.15) is 0 Å². The lowest BCUT2D eigenvalue weighted by Gasteiger charge is -2.23. The number of urea groups is 1. The number of amides is 2. The Morgan fingerprint density at radius 1 is 1.28 bits per heavy atom. The van der Waals surface area contributed by atoms with Crippen LogP contribution >= 0.6 is 0 Å². The smallest absolute Gasteiger partial charge is 0.315 e. The van der Waals surface area contributed by atoms with E-state index in [1.807, 2.05) is 0 Å². The highest BCUT2D eigenvalue weighted by Crippen LogP contribution is 2.17. The summed E-state index contributed by atoms with van der Waals surface area (Å²) in [5.74, 6) is 0.400. The van der Waals surface area contributed by atoms with Crippen LogP contribution in [-0.4, -0.2) is 30.3 Å². The molecule has 0 bridgehead atoms. The van der Waals surface area contributed by atoms with Crippen LogP contribution in [0.4, 0.5) is 4.79 Å². The molecule has 1 atom stereocenters. The fourth-order valence-corrected chi connectivity index (χ4v) is 2.66. The minimum atomic E-state index is -0.0408. The Hall–Kier alpha value is -0.770. The van der Waals surface area contributed by atoms with Crippen molar-refractivity contribution in [2.24, 2.45) is 5.92 Å². The number of aliphatic hydroxyl groups excluding tert-OH is 1. The number of hydrogen-bond acceptors (Lipinski definition) is 2. The molecule has 1 saturated carbocycles. The third kappa shape index (κ3) is 6.24. The van der Waals surface area contributed by atoms with E-state index in [-0.39, 0.29) is 12.6 Å². The van der Waals surface area contributed by atoms with E-state index in [9.17, 15) is 4.79 Å². The molecular formula is C14H28N2O2. The van der Waals surface area contributed by atoms with Gasteiger partial charge in [-0.15, -0.1) is 0 Å². The van der Waals surface area contributed by atoms with Crippen molar-refractivity contribution in [2.45, 2.75) is 64.3 Å². The Labute approximate surface area is 111 Å². The quantitative estimate of drug-likeness (QED) is 0.655. The van der Waals surface area contributed by atoms with Crippen LogP contribution < -0.4 is 10.6 Å². The van der Waals surface area contributed by atoms with Gasteiger partial charge in [-0.05, 0) is 31.6 Å². The molecule has 3 N–H and O–H groups in total. The highest BCUT2D eigenvalue weighted by molar-refractivity contribution is 5.74. The Morgan fingerprint density at radius 2 is 2.00 bits per heavy atom. The number of carbonyl (C=O) groups excluding carboxylic acids is 1. The molecule has 1 aliphatic rings. The van der Waals surface area contributed by atoms with E-state index < -0.39 is 0 Å². The van der Waals surface area contributed by atoms with Crippen molar-refractivity contribution in [1.82, 2.24) is 10.6 Å². The summed E-state index contributed by atoms with van der Waals surface area (Å²) in [5, 5.41) is 14.9. The highest BCUT2D eigenvalue weighted by Gasteiger charge is 2.16. The van der Waals surface area contributed by atoms with Crippen LogP contribution in [-0.2, 0) is 0 Å². The van der Waals surface area contributed by atoms with Gasteiger partial charge in [0.15, 0.2) is 0 Å². The fourth-order valence-electron chi connectivity index (χ4n) is 2.66. The molecule has 1 rings (SSSR count). The van der Waals surface area contributed by atoms with E-state index in [1.165, 1.54) is 19.3 Å². The molecule has 2 amide bonds. The molecule has 106 valence electrons. The standard InChI is InChI=1S/C14H28N2O2/c1-2-6-12(9-10-17)11-15-14(18)16-13-7-4-3-5-8-13/h12-13,17H,2-11H2,1H3,(H2,15,16,18). The maximum absolute atomic E-state index is 11.7. The SMILES string of the molecule is CCCC(CCO)CNC(=O)NC1CCCCC1. The molecule has 0 aromatic carbocycles. The molecule has 0 heterocycles. The first-order valence-corrected chi connectivity index (χ1v) is 7.41. The van der Waals surface area contributed by atoms with Crippen molar-refractivity contribution in [3.63, 3.8) is 0 Å². The molecule has 0 radical (unpaired) electrons. The van der Waals surface area contributed by atoms with Gasteiger partial charge in [0.05, 0.1) is 0 Å². The average Bonchev–Trinajstić information content (AvgIpc) is 2.38. The maximum atomic E-state index is 11.7. The number of aliphatic hydroxyl groups is 1. The molecule has 1 aliphatic carbocycles. The van der Waals surface area contributed by atoms with Gasteiger partial charge in [0.2, 0.25) is 0 Å². The van der Waals surface area contributed by atoms with Crippen LogP contribution in [0.15, 0.2) is 0 Å². The van der Waals surface area contributed by atoms with Crippen molar-refractivity contribution in [3.05, 3.63) is 0 Å². The van der Waals surface area contributed by atoms with Crippen LogP contribution in [0.5, 0.6) is 0 Å². The zero-order valence-corrected chi connectivity index (χ0v) is 11.6. The summed E-state index contributed by atoms with van der Waals surface area (Å²) < 4.78 is 0. The largest absolute Gasteiger partial charge is 0.396 e. The Bertz CT molecular complexity index is 222. The second-order valence-corrected chi connectivity index (χ2v) is 5.36. The first kappa shape index (κ1) is 15.3. The van der Waals surface area contributed by atoms with E-state index in [1.54, 1.807) is 0 Å². The van der Waals surface area contributed by atoms with Crippen LogP contribution in [0.2, 0.25) is 0 Å². The maximum Gasteiger partial charge on any atom is 0.315 e. The van der Waals surface area contributed by atoms with Gasteiger partial charge in [-0.1, -0.05) is 32.6 Å². The van der Waals surface area contributed by atoms with E-state index in [0.29, 0.717) is 18.5 Å². The zero-order chi connectivity index (χ0) is 13.2. The predicted octanol–water partition coefficient (Wildman–Crippen LogP) is 2.42. The van der Waals surface area contributed by atoms with Gasteiger partial charge in [0.1, 0.15) is 0 Å². The molecule has 0 saturated heterocycles. The van der Waals surface area contributed by atoms with Gasteiger partial charge in [-0.3, -0.25) is 0 Å². The van der Waals surface area contributed by atoms with E-state index in [0.717, 1.165) is 32.1 Å². The van der Waals surface area contributed by atoms with Gasteiger partial charge >= 0.3 is 6.03 Å². The van der Waals surface area contributed by atoms with E-state index >= 15 is 0 Å². The Morgan fingerprint density at radius 3 is 2.61 bits per heavy atom. The third-order valence-electron chi connectivity index (χ3n) is 3.73. The van der Waals surface area contributed by atoms with Crippen LogP contribution in [0.25, 0.3) is 0 Å². The fraction of sp³-hybridized carbons (Fsp3) is 0.929. The van der Waals surface area contributed by atoms with Crippen molar-refractivity contribution in [1.29, 1.82) is 0 Å². The molecule has 0 aliphatic heterocycles. The summed E-state index contributed by atoms with van der Waals surface area (Å²) in [5.41, 5.74) is 0. The summed E-state index contributed by atoms with van der Waals surface area (Å²) in [6.45, 7) is 3.01. The Balaban J connectivity index is 2.17.